The Balaban J connectivity index is 1.45. The van der Waals surface area contributed by atoms with Gasteiger partial charge in [-0.15, -0.1) is 0 Å². The quantitative estimate of drug-likeness (QED) is 0.589. The first-order valence-electron chi connectivity index (χ1n) is 12.3. The smallest absolute Gasteiger partial charge is 0.410 e. The van der Waals surface area contributed by atoms with Crippen molar-refractivity contribution in [3.8, 4) is 11.3 Å². The molecule has 3 aromatic rings. The van der Waals surface area contributed by atoms with Crippen LogP contribution in [0.4, 0.5) is 4.79 Å². The third-order valence-corrected chi connectivity index (χ3v) is 6.91. The Morgan fingerprint density at radius 1 is 1.09 bits per heavy atom. The van der Waals surface area contributed by atoms with Crippen LogP contribution >= 0.6 is 0 Å². The van der Waals surface area contributed by atoms with Gasteiger partial charge in [0.05, 0.1) is 12.4 Å². The molecule has 2 fully saturated rings. The number of carbonyl (C=O) groups excluding carboxylic acids is 1. The number of rotatable bonds is 3. The summed E-state index contributed by atoms with van der Waals surface area (Å²) in [6.07, 6.45) is 8.24. The van der Waals surface area contributed by atoms with Crippen LogP contribution in [0.15, 0.2) is 35.4 Å². The summed E-state index contributed by atoms with van der Waals surface area (Å²) in [5.41, 5.74) is 3.29. The highest BCUT2D eigenvalue weighted by molar-refractivity contribution is 5.89. The Morgan fingerprint density at radius 3 is 2.53 bits per heavy atom. The number of H-pyrrole nitrogens is 1. The Hall–Kier alpha value is -3.16. The first kappa shape index (κ1) is 22.6. The largest absolute Gasteiger partial charge is 0.444 e. The van der Waals surface area contributed by atoms with Crippen LogP contribution in [-0.2, 0) is 4.74 Å². The van der Waals surface area contributed by atoms with Gasteiger partial charge in [0, 0.05) is 18.7 Å². The van der Waals surface area contributed by atoms with E-state index in [1.165, 1.54) is 44.0 Å². The van der Waals surface area contributed by atoms with Crippen molar-refractivity contribution in [3.05, 3.63) is 46.5 Å². The van der Waals surface area contributed by atoms with E-state index in [2.05, 4.69) is 34.2 Å². The number of hydrogen-bond donors (Lipinski definition) is 1. The number of nitrogens with zero attached hydrogens (tertiary/aromatic N) is 4. The molecule has 0 radical (unpaired) electrons. The van der Waals surface area contributed by atoms with E-state index < -0.39 is 5.60 Å². The molecule has 2 aromatic heterocycles. The first-order valence-corrected chi connectivity index (χ1v) is 12.3. The summed E-state index contributed by atoms with van der Waals surface area (Å²) in [6, 6.07) is 8.48. The Bertz CT molecular complexity index is 1230. The van der Waals surface area contributed by atoms with Crippen molar-refractivity contribution in [3.63, 3.8) is 0 Å². The van der Waals surface area contributed by atoms with Gasteiger partial charge >= 0.3 is 6.09 Å². The van der Waals surface area contributed by atoms with Crippen molar-refractivity contribution in [2.24, 2.45) is 0 Å². The molecule has 1 aliphatic heterocycles. The lowest BCUT2D eigenvalue weighted by Gasteiger charge is -2.24. The molecule has 3 heterocycles. The van der Waals surface area contributed by atoms with Crippen LogP contribution in [0.3, 0.4) is 0 Å². The minimum atomic E-state index is -0.550. The van der Waals surface area contributed by atoms with E-state index in [9.17, 15) is 9.59 Å². The molecule has 0 bridgehead atoms. The summed E-state index contributed by atoms with van der Waals surface area (Å²) in [5, 5.41) is 4.87. The van der Waals surface area contributed by atoms with Crippen molar-refractivity contribution in [2.75, 3.05) is 13.1 Å². The predicted octanol–water partition coefficient (Wildman–Crippen LogP) is 5.02. The average molecular weight is 464 g/mol. The normalized spacial score (nSPS) is 19.6. The van der Waals surface area contributed by atoms with Crippen molar-refractivity contribution >= 4 is 17.1 Å². The second kappa shape index (κ2) is 8.89. The summed E-state index contributed by atoms with van der Waals surface area (Å²) >= 11 is 0. The van der Waals surface area contributed by atoms with Crippen molar-refractivity contribution < 1.29 is 9.53 Å². The second-order valence-corrected chi connectivity index (χ2v) is 10.5. The van der Waals surface area contributed by atoms with Gasteiger partial charge in [-0.05, 0) is 51.5 Å². The molecule has 1 N–H and O–H groups in total. The molecule has 8 heteroatoms. The molecular weight excluding hydrogens is 430 g/mol. The fourth-order valence-corrected chi connectivity index (χ4v) is 5.22. The molecule has 34 heavy (non-hydrogen) atoms. The van der Waals surface area contributed by atoms with Crippen molar-refractivity contribution in [1.29, 1.82) is 0 Å². The van der Waals surface area contributed by atoms with E-state index in [0.29, 0.717) is 42.2 Å². The standard InChI is InChI=1S/C26H33N5O3/c1-26(2,3)34-25(33)30-14-13-20(15-30)31-23-22(27-16-28-24(23)32)21(29-31)19-11-9-18(10-12-19)17-7-5-4-6-8-17/h9-12,16-17,20H,4-8,13-15H2,1-3H3,(H,27,28,32). The molecule has 1 saturated heterocycles. The Labute approximate surface area is 199 Å². The maximum absolute atomic E-state index is 12.8. The van der Waals surface area contributed by atoms with Gasteiger partial charge in [0.2, 0.25) is 0 Å². The number of likely N-dealkylation sites (tertiary alicyclic amines) is 1. The number of nitrogens with one attached hydrogen (secondary N) is 1. The maximum Gasteiger partial charge on any atom is 0.410 e. The second-order valence-electron chi connectivity index (χ2n) is 10.5. The van der Waals surface area contributed by atoms with E-state index in [1.54, 1.807) is 9.58 Å². The SMILES string of the molecule is CC(C)(C)OC(=O)N1CCC(n2nc(-c3ccc(C4CCCCC4)cc3)c3nc[nH]c(=O)c32)C1. The molecule has 5 rings (SSSR count). The van der Waals surface area contributed by atoms with Crippen LogP contribution < -0.4 is 5.56 Å². The van der Waals surface area contributed by atoms with Crippen molar-refractivity contribution in [2.45, 2.75) is 76.9 Å². The zero-order valence-corrected chi connectivity index (χ0v) is 20.2. The third-order valence-electron chi connectivity index (χ3n) is 6.91. The fraction of sp³-hybridized carbons (Fsp3) is 0.538. The third kappa shape index (κ3) is 4.45. The summed E-state index contributed by atoms with van der Waals surface area (Å²) in [5.74, 6) is 0.635. The van der Waals surface area contributed by atoms with E-state index in [1.807, 2.05) is 20.8 Å². The zero-order valence-electron chi connectivity index (χ0n) is 20.2. The molecule has 2 aliphatic rings. The van der Waals surface area contributed by atoms with E-state index in [0.717, 1.165) is 5.56 Å². The topological polar surface area (TPSA) is 93.1 Å². The van der Waals surface area contributed by atoms with Gasteiger partial charge < -0.3 is 14.6 Å². The van der Waals surface area contributed by atoms with Crippen LogP contribution in [0.1, 0.15) is 76.8 Å². The number of fused-ring (bicyclic) bond motifs is 1. The Morgan fingerprint density at radius 2 is 1.82 bits per heavy atom. The molecule has 1 atom stereocenters. The highest BCUT2D eigenvalue weighted by Crippen LogP contribution is 2.35. The van der Waals surface area contributed by atoms with E-state index >= 15 is 0 Å². The number of aromatic amines is 1. The Kier molecular flexibility index (Phi) is 5.91. The lowest BCUT2D eigenvalue weighted by atomic mass is 9.84. The first-order chi connectivity index (χ1) is 16.3. The molecule has 1 aliphatic carbocycles. The summed E-state index contributed by atoms with van der Waals surface area (Å²) < 4.78 is 7.29. The molecule has 1 saturated carbocycles. The van der Waals surface area contributed by atoms with Crippen LogP contribution in [0, 0.1) is 0 Å². The molecule has 1 aromatic carbocycles. The number of hydrogen-bond acceptors (Lipinski definition) is 5. The van der Waals surface area contributed by atoms with E-state index in [4.69, 9.17) is 9.84 Å². The lowest BCUT2D eigenvalue weighted by Crippen LogP contribution is -2.35. The maximum atomic E-state index is 12.8. The summed E-state index contributed by atoms with van der Waals surface area (Å²) in [6.45, 7) is 6.58. The zero-order chi connectivity index (χ0) is 23.9. The molecule has 1 amide bonds. The van der Waals surface area contributed by atoms with Crippen LogP contribution in [-0.4, -0.2) is 49.4 Å². The van der Waals surface area contributed by atoms with Gasteiger partial charge in [0.1, 0.15) is 16.8 Å². The van der Waals surface area contributed by atoms with Crippen LogP contribution in [0.25, 0.3) is 22.3 Å². The van der Waals surface area contributed by atoms with Gasteiger partial charge in [-0.2, -0.15) is 5.10 Å². The lowest BCUT2D eigenvalue weighted by molar-refractivity contribution is 0.0288. The summed E-state index contributed by atoms with van der Waals surface area (Å²) in [7, 11) is 0. The number of aromatic nitrogens is 4. The van der Waals surface area contributed by atoms with Gasteiger partial charge in [-0.25, -0.2) is 9.78 Å². The van der Waals surface area contributed by atoms with Crippen molar-refractivity contribution in [1.82, 2.24) is 24.6 Å². The van der Waals surface area contributed by atoms with Gasteiger partial charge in [0.25, 0.3) is 5.56 Å². The minimum absolute atomic E-state index is 0.115. The molecule has 0 spiro atoms. The number of amides is 1. The average Bonchev–Trinajstić information content (AvgIpc) is 3.45. The summed E-state index contributed by atoms with van der Waals surface area (Å²) in [4.78, 5) is 34.2. The minimum Gasteiger partial charge on any atom is -0.444 e. The van der Waals surface area contributed by atoms with E-state index in [-0.39, 0.29) is 17.7 Å². The molecule has 180 valence electrons. The van der Waals surface area contributed by atoms with Gasteiger partial charge in [-0.1, -0.05) is 43.5 Å². The molecule has 1 unspecified atom stereocenters. The fourth-order valence-electron chi connectivity index (χ4n) is 5.22. The van der Waals surface area contributed by atoms with Crippen LogP contribution in [0.2, 0.25) is 0 Å². The molecule has 8 nitrogen and oxygen atoms in total. The number of carbonyl (C=O) groups is 1. The molecular formula is C26H33N5O3. The highest BCUT2D eigenvalue weighted by atomic mass is 16.6. The highest BCUT2D eigenvalue weighted by Gasteiger charge is 2.33. The number of benzene rings is 1. The van der Waals surface area contributed by atoms with Crippen LogP contribution in [0.5, 0.6) is 0 Å². The van der Waals surface area contributed by atoms with Gasteiger partial charge in [-0.3, -0.25) is 9.48 Å². The van der Waals surface area contributed by atoms with Gasteiger partial charge in [0.15, 0.2) is 5.52 Å². The predicted molar refractivity (Wildman–Crippen MR) is 131 cm³/mol. The monoisotopic (exact) mass is 463 g/mol. The number of ether oxygens (including phenoxy) is 1.